The number of carbonyl (C=O) groups is 2. The topological polar surface area (TPSA) is 94.7 Å². The van der Waals surface area contributed by atoms with E-state index in [0.717, 1.165) is 5.69 Å². The highest BCUT2D eigenvalue weighted by Gasteiger charge is 2.44. The molecule has 4 N–H and O–H groups in total. The van der Waals surface area contributed by atoms with Crippen LogP contribution in [0.5, 0.6) is 5.75 Å². The van der Waals surface area contributed by atoms with Crippen molar-refractivity contribution in [3.63, 3.8) is 0 Å². The van der Waals surface area contributed by atoms with Gasteiger partial charge in [-0.05, 0) is 36.4 Å². The zero-order valence-electron chi connectivity index (χ0n) is 16.2. The Labute approximate surface area is 183 Å². The lowest BCUT2D eigenvalue weighted by molar-refractivity contribution is -0.127. The standard InChI is InChI=1S/C20H22ClN5O3S/c1-29-15-4-2-3-13(9-15)23-17(27)11-30-20-24-18-16(19(28)25-20)10-22-26(18)14-7-5-12(21)6-8-14/h2-9,16,18,20,22,24H,10-11H2,1H3,(H,23,27)(H,25,28). The van der Waals surface area contributed by atoms with Crippen LogP contribution in [0.1, 0.15) is 0 Å². The minimum atomic E-state index is -0.385. The molecule has 2 aliphatic heterocycles. The Balaban J connectivity index is 1.35. The van der Waals surface area contributed by atoms with Gasteiger partial charge in [0.05, 0.1) is 24.5 Å². The Bertz CT molecular complexity index is 929. The number of methoxy groups -OCH3 is 1. The number of ether oxygens (including phenoxy) is 1. The van der Waals surface area contributed by atoms with Gasteiger partial charge in [0.15, 0.2) is 0 Å². The summed E-state index contributed by atoms with van der Waals surface area (Å²) < 4.78 is 5.16. The van der Waals surface area contributed by atoms with Crippen molar-refractivity contribution < 1.29 is 14.3 Å². The van der Waals surface area contributed by atoms with Crippen molar-refractivity contribution >= 4 is 46.6 Å². The largest absolute Gasteiger partial charge is 0.497 e. The van der Waals surface area contributed by atoms with Gasteiger partial charge in [0.2, 0.25) is 11.8 Å². The molecule has 0 aromatic heterocycles. The van der Waals surface area contributed by atoms with Gasteiger partial charge < -0.3 is 15.4 Å². The van der Waals surface area contributed by atoms with Crippen LogP contribution in [-0.4, -0.2) is 42.9 Å². The van der Waals surface area contributed by atoms with Crippen LogP contribution in [0.15, 0.2) is 48.5 Å². The molecule has 0 spiro atoms. The molecule has 4 rings (SSSR count). The molecule has 2 aliphatic rings. The maximum atomic E-state index is 12.6. The Morgan fingerprint density at radius 1 is 1.30 bits per heavy atom. The fraction of sp³-hybridized carbons (Fsp3) is 0.300. The van der Waals surface area contributed by atoms with Crippen molar-refractivity contribution in [2.45, 2.75) is 11.7 Å². The van der Waals surface area contributed by atoms with Crippen molar-refractivity contribution in [3.05, 3.63) is 53.6 Å². The van der Waals surface area contributed by atoms with Crippen LogP contribution < -0.4 is 31.1 Å². The van der Waals surface area contributed by atoms with Gasteiger partial charge in [-0.15, -0.1) is 11.8 Å². The van der Waals surface area contributed by atoms with Gasteiger partial charge in [-0.1, -0.05) is 17.7 Å². The zero-order chi connectivity index (χ0) is 21.1. The van der Waals surface area contributed by atoms with E-state index in [0.29, 0.717) is 23.0 Å². The molecular formula is C20H22ClN5O3S. The number of anilines is 2. The number of hydrazine groups is 1. The first-order chi connectivity index (χ1) is 14.5. The summed E-state index contributed by atoms with van der Waals surface area (Å²) in [6.45, 7) is 0.528. The van der Waals surface area contributed by atoms with Crippen LogP contribution in [0.3, 0.4) is 0 Å². The molecule has 3 unspecified atom stereocenters. The minimum Gasteiger partial charge on any atom is -0.497 e. The molecule has 2 aromatic carbocycles. The third-order valence-corrected chi connectivity index (χ3v) is 6.18. The van der Waals surface area contributed by atoms with Gasteiger partial charge in [-0.25, -0.2) is 5.43 Å². The lowest BCUT2D eigenvalue weighted by atomic mass is 10.1. The van der Waals surface area contributed by atoms with E-state index in [-0.39, 0.29) is 35.1 Å². The Hall–Kier alpha value is -2.46. The summed E-state index contributed by atoms with van der Waals surface area (Å²) in [6.07, 6.45) is -0.223. The van der Waals surface area contributed by atoms with E-state index in [1.165, 1.54) is 11.8 Å². The minimum absolute atomic E-state index is 0.0478. The number of amides is 2. The van der Waals surface area contributed by atoms with Gasteiger partial charge >= 0.3 is 0 Å². The highest BCUT2D eigenvalue weighted by atomic mass is 35.5. The van der Waals surface area contributed by atoms with Crippen molar-refractivity contribution in [2.75, 3.05) is 29.7 Å². The average Bonchev–Trinajstić information content (AvgIpc) is 3.17. The quantitative estimate of drug-likeness (QED) is 0.538. The molecule has 2 heterocycles. The van der Waals surface area contributed by atoms with Crippen LogP contribution in [0.2, 0.25) is 5.02 Å². The molecule has 30 heavy (non-hydrogen) atoms. The third-order valence-electron chi connectivity index (χ3n) is 4.91. The Morgan fingerprint density at radius 2 is 2.10 bits per heavy atom. The lowest BCUT2D eigenvalue weighted by Crippen LogP contribution is -2.63. The molecule has 2 saturated heterocycles. The predicted octanol–water partition coefficient (Wildman–Crippen LogP) is 1.99. The number of nitrogens with zero attached hydrogens (tertiary/aromatic N) is 1. The summed E-state index contributed by atoms with van der Waals surface area (Å²) in [5.41, 5.74) is 4.45. The molecule has 3 atom stereocenters. The molecule has 2 aromatic rings. The van der Waals surface area contributed by atoms with Gasteiger partial charge in [-0.2, -0.15) is 0 Å². The van der Waals surface area contributed by atoms with E-state index < -0.39 is 0 Å². The second-order valence-corrected chi connectivity index (χ2v) is 8.44. The monoisotopic (exact) mass is 447 g/mol. The predicted molar refractivity (Wildman–Crippen MR) is 118 cm³/mol. The van der Waals surface area contributed by atoms with E-state index in [2.05, 4.69) is 21.4 Å². The third kappa shape index (κ3) is 4.65. The Morgan fingerprint density at radius 3 is 2.87 bits per heavy atom. The first-order valence-corrected chi connectivity index (χ1v) is 10.9. The van der Waals surface area contributed by atoms with E-state index in [4.69, 9.17) is 16.3 Å². The number of benzene rings is 2. The first-order valence-electron chi connectivity index (χ1n) is 9.44. The molecule has 0 aliphatic carbocycles. The molecule has 0 bridgehead atoms. The molecule has 2 fully saturated rings. The van der Waals surface area contributed by atoms with E-state index in [1.54, 1.807) is 19.2 Å². The van der Waals surface area contributed by atoms with Gasteiger partial charge in [-0.3, -0.25) is 19.9 Å². The number of hydrogen-bond acceptors (Lipinski definition) is 7. The zero-order valence-corrected chi connectivity index (χ0v) is 17.8. The summed E-state index contributed by atoms with van der Waals surface area (Å²) in [5.74, 6) is 0.409. The van der Waals surface area contributed by atoms with E-state index >= 15 is 0 Å². The van der Waals surface area contributed by atoms with Crippen molar-refractivity contribution in [2.24, 2.45) is 5.92 Å². The normalized spacial score (nSPS) is 22.9. The van der Waals surface area contributed by atoms with Crippen molar-refractivity contribution in [3.8, 4) is 5.75 Å². The van der Waals surface area contributed by atoms with Crippen LogP contribution in [-0.2, 0) is 9.59 Å². The summed E-state index contributed by atoms with van der Waals surface area (Å²) in [4.78, 5) is 24.9. The molecule has 10 heteroatoms. The smallest absolute Gasteiger partial charge is 0.234 e. The van der Waals surface area contributed by atoms with Crippen molar-refractivity contribution in [1.82, 2.24) is 16.1 Å². The van der Waals surface area contributed by atoms with Gasteiger partial charge in [0.25, 0.3) is 0 Å². The highest BCUT2D eigenvalue weighted by Crippen LogP contribution is 2.28. The summed E-state index contributed by atoms with van der Waals surface area (Å²) in [5, 5.41) is 11.8. The Kier molecular flexibility index (Phi) is 6.33. The molecule has 8 nitrogen and oxygen atoms in total. The van der Waals surface area contributed by atoms with Crippen LogP contribution in [0.4, 0.5) is 11.4 Å². The van der Waals surface area contributed by atoms with Crippen LogP contribution in [0.25, 0.3) is 0 Å². The van der Waals surface area contributed by atoms with Crippen LogP contribution >= 0.6 is 23.4 Å². The number of thioether (sulfide) groups is 1. The maximum absolute atomic E-state index is 12.6. The molecule has 0 radical (unpaired) electrons. The van der Waals surface area contributed by atoms with E-state index in [1.807, 2.05) is 41.4 Å². The second kappa shape index (κ2) is 9.13. The highest BCUT2D eigenvalue weighted by molar-refractivity contribution is 8.00. The fourth-order valence-corrected chi connectivity index (χ4v) is 4.40. The van der Waals surface area contributed by atoms with E-state index in [9.17, 15) is 9.59 Å². The fourth-order valence-electron chi connectivity index (χ4n) is 3.45. The SMILES string of the molecule is COc1cccc(NC(=O)CSC2NC(=O)C3CNN(c4ccc(Cl)cc4)C3N2)c1. The molecule has 158 valence electrons. The number of carbonyl (C=O) groups excluding carboxylic acids is 2. The number of rotatable bonds is 6. The van der Waals surface area contributed by atoms with Crippen molar-refractivity contribution in [1.29, 1.82) is 0 Å². The van der Waals surface area contributed by atoms with Gasteiger partial charge in [0, 0.05) is 23.3 Å². The number of halogens is 1. The summed E-state index contributed by atoms with van der Waals surface area (Å²) in [7, 11) is 1.58. The maximum Gasteiger partial charge on any atom is 0.234 e. The lowest BCUT2D eigenvalue weighted by Gasteiger charge is -2.37. The molecule has 2 amide bonds. The first kappa shape index (κ1) is 20.8. The van der Waals surface area contributed by atoms with Gasteiger partial charge in [0.1, 0.15) is 17.4 Å². The van der Waals surface area contributed by atoms with Crippen LogP contribution in [0, 0.1) is 5.92 Å². The number of fused-ring (bicyclic) bond motifs is 1. The number of nitrogens with one attached hydrogen (secondary N) is 4. The summed E-state index contributed by atoms with van der Waals surface area (Å²) >= 11 is 7.31. The molecule has 0 saturated carbocycles. The summed E-state index contributed by atoms with van der Waals surface area (Å²) in [6, 6.07) is 14.6. The molecular weight excluding hydrogens is 426 g/mol. The second-order valence-electron chi connectivity index (χ2n) is 6.91. The average molecular weight is 448 g/mol. The number of hydrogen-bond donors (Lipinski definition) is 4.